The predicted octanol–water partition coefficient (Wildman–Crippen LogP) is 1.14. The average Bonchev–Trinajstić information content (AvgIpc) is 2.40. The molecule has 1 unspecified atom stereocenters. The third kappa shape index (κ3) is 3.46. The minimum absolute atomic E-state index is 0.0164. The molecule has 0 bridgehead atoms. The molecule has 1 aromatic rings. The molecule has 0 saturated heterocycles. The highest BCUT2D eigenvalue weighted by Gasteiger charge is 2.27. The molecule has 1 amide bonds. The van der Waals surface area contributed by atoms with Crippen molar-refractivity contribution in [2.24, 2.45) is 0 Å². The predicted molar refractivity (Wildman–Crippen MR) is 76.5 cm³/mol. The zero-order chi connectivity index (χ0) is 13.8. The molecule has 104 valence electrons. The number of rotatable bonds is 5. The molecule has 0 saturated carbocycles. The van der Waals surface area contributed by atoms with E-state index in [-0.39, 0.29) is 19.1 Å². The highest BCUT2D eigenvalue weighted by Crippen LogP contribution is 2.34. The Kier molecular flexibility index (Phi) is 4.79. The van der Waals surface area contributed by atoms with Crippen molar-refractivity contribution in [3.05, 3.63) is 22.7 Å². The number of likely N-dealkylation sites (N-methyl/N-ethyl adjacent to an activating group) is 1. The maximum atomic E-state index is 11.9. The molecule has 0 fully saturated rings. The average molecular weight is 329 g/mol. The first-order valence-corrected chi connectivity index (χ1v) is 7.02. The monoisotopic (exact) mass is 328 g/mol. The fourth-order valence-corrected chi connectivity index (χ4v) is 2.31. The molecule has 2 N–H and O–H groups in total. The van der Waals surface area contributed by atoms with Gasteiger partial charge in [0.2, 0.25) is 0 Å². The lowest BCUT2D eigenvalue weighted by Gasteiger charge is -2.31. The maximum absolute atomic E-state index is 11.9. The van der Waals surface area contributed by atoms with Crippen molar-refractivity contribution in [2.45, 2.75) is 13.0 Å². The summed E-state index contributed by atoms with van der Waals surface area (Å²) in [4.78, 5) is 13.5. The Morgan fingerprint density at radius 1 is 1.58 bits per heavy atom. The van der Waals surface area contributed by atoms with Crippen LogP contribution in [0.5, 0.6) is 5.75 Å². The summed E-state index contributed by atoms with van der Waals surface area (Å²) in [7, 11) is 0. The summed E-state index contributed by atoms with van der Waals surface area (Å²) in [5.41, 5.74) is 0.696. The highest BCUT2D eigenvalue weighted by atomic mass is 79.9. The van der Waals surface area contributed by atoms with Crippen LogP contribution in [0.15, 0.2) is 22.7 Å². The molecular weight excluding hydrogens is 312 g/mol. The number of hydrogen-bond acceptors (Lipinski definition) is 4. The lowest BCUT2D eigenvalue weighted by Crippen LogP contribution is -2.45. The van der Waals surface area contributed by atoms with Crippen LogP contribution in [0.2, 0.25) is 0 Å². The second-order valence-corrected chi connectivity index (χ2v) is 5.28. The van der Waals surface area contributed by atoms with Crippen molar-refractivity contribution in [2.75, 3.05) is 31.1 Å². The Balaban J connectivity index is 2.15. The summed E-state index contributed by atoms with van der Waals surface area (Å²) in [5, 5.41) is 13.0. The SMILES string of the molecule is CCNCC(O)CN1C(=O)COc2ccc(Br)cc21. The highest BCUT2D eigenvalue weighted by molar-refractivity contribution is 9.10. The number of anilines is 1. The van der Waals surface area contributed by atoms with Crippen LogP contribution >= 0.6 is 15.9 Å². The Morgan fingerprint density at radius 3 is 3.11 bits per heavy atom. The van der Waals surface area contributed by atoms with Gasteiger partial charge in [-0.25, -0.2) is 0 Å². The van der Waals surface area contributed by atoms with Gasteiger partial charge in [0, 0.05) is 11.0 Å². The number of benzene rings is 1. The number of fused-ring (bicyclic) bond motifs is 1. The van der Waals surface area contributed by atoms with Crippen molar-refractivity contribution < 1.29 is 14.6 Å². The minimum Gasteiger partial charge on any atom is -0.482 e. The first-order valence-electron chi connectivity index (χ1n) is 6.23. The molecule has 2 rings (SSSR count). The van der Waals surface area contributed by atoms with E-state index in [0.29, 0.717) is 18.0 Å². The summed E-state index contributed by atoms with van der Waals surface area (Å²) in [5.74, 6) is 0.527. The normalized spacial score (nSPS) is 15.9. The van der Waals surface area contributed by atoms with Gasteiger partial charge in [-0.05, 0) is 24.7 Å². The molecule has 0 aliphatic carbocycles. The molecular formula is C13H17BrN2O3. The largest absolute Gasteiger partial charge is 0.482 e. The van der Waals surface area contributed by atoms with E-state index in [1.165, 1.54) is 0 Å². The number of halogens is 1. The number of carbonyl (C=O) groups excluding carboxylic acids is 1. The zero-order valence-electron chi connectivity index (χ0n) is 10.7. The first kappa shape index (κ1) is 14.3. The lowest BCUT2D eigenvalue weighted by molar-refractivity contribution is -0.121. The maximum Gasteiger partial charge on any atom is 0.265 e. The summed E-state index contributed by atoms with van der Waals surface area (Å²) in [6.45, 7) is 3.50. The van der Waals surface area contributed by atoms with Crippen LogP contribution in [0, 0.1) is 0 Å². The van der Waals surface area contributed by atoms with Gasteiger partial charge >= 0.3 is 0 Å². The van der Waals surface area contributed by atoms with E-state index in [2.05, 4.69) is 21.2 Å². The molecule has 1 aliphatic rings. The Bertz CT molecular complexity index is 467. The van der Waals surface area contributed by atoms with E-state index >= 15 is 0 Å². The van der Waals surface area contributed by atoms with Crippen LogP contribution in [0.4, 0.5) is 5.69 Å². The van der Waals surface area contributed by atoms with E-state index in [1.54, 1.807) is 4.90 Å². The van der Waals surface area contributed by atoms with E-state index in [4.69, 9.17) is 4.74 Å². The van der Waals surface area contributed by atoms with Crippen molar-refractivity contribution in [1.82, 2.24) is 5.32 Å². The van der Waals surface area contributed by atoms with E-state index in [0.717, 1.165) is 11.0 Å². The molecule has 0 aromatic heterocycles. The molecule has 19 heavy (non-hydrogen) atoms. The van der Waals surface area contributed by atoms with E-state index in [1.807, 2.05) is 25.1 Å². The van der Waals surface area contributed by atoms with Crippen molar-refractivity contribution in [3.8, 4) is 5.75 Å². The smallest absolute Gasteiger partial charge is 0.265 e. The number of aliphatic hydroxyl groups is 1. The molecule has 1 heterocycles. The van der Waals surface area contributed by atoms with Gasteiger partial charge < -0.3 is 20.1 Å². The third-order valence-corrected chi connectivity index (χ3v) is 3.38. The number of carbonyl (C=O) groups is 1. The zero-order valence-corrected chi connectivity index (χ0v) is 12.3. The number of aliphatic hydroxyl groups excluding tert-OH is 1. The van der Waals surface area contributed by atoms with Crippen LogP contribution in [-0.2, 0) is 4.79 Å². The van der Waals surface area contributed by atoms with Crippen LogP contribution in [0.1, 0.15) is 6.92 Å². The molecule has 0 radical (unpaired) electrons. The Labute approximate surface area is 120 Å². The van der Waals surface area contributed by atoms with Gasteiger partial charge in [-0.1, -0.05) is 22.9 Å². The third-order valence-electron chi connectivity index (χ3n) is 2.89. The molecule has 1 aliphatic heterocycles. The number of nitrogens with zero attached hydrogens (tertiary/aromatic N) is 1. The van der Waals surface area contributed by atoms with Gasteiger partial charge in [-0.3, -0.25) is 4.79 Å². The van der Waals surface area contributed by atoms with E-state index < -0.39 is 6.10 Å². The number of nitrogens with one attached hydrogen (secondary N) is 1. The van der Waals surface area contributed by atoms with Crippen molar-refractivity contribution >= 4 is 27.5 Å². The summed E-state index contributed by atoms with van der Waals surface area (Å²) in [6.07, 6.45) is -0.603. The van der Waals surface area contributed by atoms with Crippen LogP contribution in [0.25, 0.3) is 0 Å². The van der Waals surface area contributed by atoms with Crippen LogP contribution < -0.4 is 15.0 Å². The number of ether oxygens (including phenoxy) is 1. The molecule has 1 aromatic carbocycles. The van der Waals surface area contributed by atoms with Gasteiger partial charge in [-0.2, -0.15) is 0 Å². The van der Waals surface area contributed by atoms with Crippen molar-refractivity contribution in [1.29, 1.82) is 0 Å². The minimum atomic E-state index is -0.603. The summed E-state index contributed by atoms with van der Waals surface area (Å²) < 4.78 is 6.25. The van der Waals surface area contributed by atoms with Crippen LogP contribution in [0.3, 0.4) is 0 Å². The Hall–Kier alpha value is -1.11. The molecule has 6 heteroatoms. The van der Waals surface area contributed by atoms with Gasteiger partial charge in [0.05, 0.1) is 18.3 Å². The number of β-amino-alcohol motifs (C(OH)–C–C–N with tert-alkyl or cyclic N) is 1. The lowest BCUT2D eigenvalue weighted by atomic mass is 10.2. The standard InChI is InChI=1S/C13H17BrN2O3/c1-2-15-6-10(17)7-16-11-5-9(14)3-4-12(11)19-8-13(16)18/h3-5,10,15,17H,2,6-8H2,1H3. The molecule has 1 atom stereocenters. The topological polar surface area (TPSA) is 61.8 Å². The summed E-state index contributed by atoms with van der Waals surface area (Å²) in [6, 6.07) is 5.50. The molecule has 5 nitrogen and oxygen atoms in total. The second kappa shape index (κ2) is 6.36. The fourth-order valence-electron chi connectivity index (χ4n) is 1.96. The van der Waals surface area contributed by atoms with Gasteiger partial charge in [0.15, 0.2) is 6.61 Å². The second-order valence-electron chi connectivity index (χ2n) is 4.37. The molecule has 0 spiro atoms. The van der Waals surface area contributed by atoms with Crippen LogP contribution in [-0.4, -0.2) is 43.4 Å². The number of amides is 1. The van der Waals surface area contributed by atoms with Crippen molar-refractivity contribution in [3.63, 3.8) is 0 Å². The Morgan fingerprint density at radius 2 is 2.37 bits per heavy atom. The van der Waals surface area contributed by atoms with Gasteiger partial charge in [0.1, 0.15) is 5.75 Å². The quantitative estimate of drug-likeness (QED) is 0.851. The van der Waals surface area contributed by atoms with E-state index in [9.17, 15) is 9.90 Å². The summed E-state index contributed by atoms with van der Waals surface area (Å²) >= 11 is 3.38. The van der Waals surface area contributed by atoms with Gasteiger partial charge in [0.25, 0.3) is 5.91 Å². The first-order chi connectivity index (χ1) is 9.11. The fraction of sp³-hybridized carbons (Fsp3) is 0.462. The van der Waals surface area contributed by atoms with Gasteiger partial charge in [-0.15, -0.1) is 0 Å². The number of hydrogen-bond donors (Lipinski definition) is 2.